The summed E-state index contributed by atoms with van der Waals surface area (Å²) in [6, 6.07) is 1.83. The molecule has 0 saturated carbocycles. The van der Waals surface area contributed by atoms with Crippen LogP contribution in [-0.2, 0) is 14.3 Å². The van der Waals surface area contributed by atoms with Gasteiger partial charge in [0.25, 0.3) is 0 Å². The van der Waals surface area contributed by atoms with Crippen LogP contribution in [0.15, 0.2) is 12.3 Å². The lowest BCUT2D eigenvalue weighted by Crippen LogP contribution is -2.57. The number of morpholine rings is 1. The van der Waals surface area contributed by atoms with Gasteiger partial charge in [-0.15, -0.1) is 0 Å². The van der Waals surface area contributed by atoms with Gasteiger partial charge < -0.3 is 19.4 Å². The van der Waals surface area contributed by atoms with Gasteiger partial charge in [0.2, 0.25) is 17.8 Å². The van der Waals surface area contributed by atoms with Gasteiger partial charge in [-0.2, -0.15) is 0 Å². The highest BCUT2D eigenvalue weighted by Crippen LogP contribution is 2.25. The van der Waals surface area contributed by atoms with Crippen LogP contribution in [0.25, 0.3) is 0 Å². The first kappa shape index (κ1) is 16.6. The minimum absolute atomic E-state index is 0.0242. The summed E-state index contributed by atoms with van der Waals surface area (Å²) < 4.78 is 5.80. The lowest BCUT2D eigenvalue weighted by atomic mass is 9.98. The van der Waals surface area contributed by atoms with Crippen LogP contribution in [0.4, 0.5) is 5.95 Å². The van der Waals surface area contributed by atoms with E-state index in [2.05, 4.69) is 9.97 Å². The van der Waals surface area contributed by atoms with E-state index in [-0.39, 0.29) is 23.8 Å². The monoisotopic (exact) mass is 333 g/mol. The lowest BCUT2D eigenvalue weighted by Gasteiger charge is -2.42. The molecule has 0 spiro atoms. The molecule has 1 aromatic rings. The number of ether oxygens (including phenoxy) is 1. The van der Waals surface area contributed by atoms with Gasteiger partial charge in [0.05, 0.1) is 24.8 Å². The van der Waals surface area contributed by atoms with Crippen molar-refractivity contribution in [3.05, 3.63) is 18.0 Å². The van der Waals surface area contributed by atoms with E-state index in [9.17, 15) is 9.59 Å². The van der Waals surface area contributed by atoms with Crippen molar-refractivity contribution < 1.29 is 14.3 Å². The quantitative estimate of drug-likeness (QED) is 0.770. The molecule has 0 N–H and O–H groups in total. The first-order valence-corrected chi connectivity index (χ1v) is 8.12. The molecule has 2 aliphatic rings. The van der Waals surface area contributed by atoms with Gasteiger partial charge in [-0.25, -0.2) is 9.97 Å². The second-order valence-electron chi connectivity index (χ2n) is 6.44. The van der Waals surface area contributed by atoms with Crippen LogP contribution in [0.5, 0.6) is 0 Å². The number of carbonyl (C=O) groups excluding carboxylic acids is 2. The highest BCUT2D eigenvalue weighted by molar-refractivity contribution is 5.83. The Morgan fingerprint density at radius 1 is 1.25 bits per heavy atom. The third kappa shape index (κ3) is 3.33. The van der Waals surface area contributed by atoms with Crippen molar-refractivity contribution in [2.24, 2.45) is 5.92 Å². The van der Waals surface area contributed by atoms with E-state index >= 15 is 0 Å². The summed E-state index contributed by atoms with van der Waals surface area (Å²) in [6.07, 6.45) is 1.46. The minimum Gasteiger partial charge on any atom is -0.368 e. The summed E-state index contributed by atoms with van der Waals surface area (Å²) >= 11 is 0. The van der Waals surface area contributed by atoms with Crippen molar-refractivity contribution in [2.75, 3.05) is 51.8 Å². The molecule has 1 aromatic heterocycles. The molecule has 0 bridgehead atoms. The van der Waals surface area contributed by atoms with Gasteiger partial charge >= 0.3 is 0 Å². The van der Waals surface area contributed by atoms with Crippen LogP contribution >= 0.6 is 0 Å². The van der Waals surface area contributed by atoms with E-state index in [1.165, 1.54) is 6.92 Å². The summed E-state index contributed by atoms with van der Waals surface area (Å²) in [7, 11) is 3.77. The molecule has 8 nitrogen and oxygen atoms in total. The second kappa shape index (κ2) is 6.72. The van der Waals surface area contributed by atoms with Crippen LogP contribution in [0.2, 0.25) is 0 Å². The zero-order chi connectivity index (χ0) is 17.3. The van der Waals surface area contributed by atoms with Gasteiger partial charge in [0.1, 0.15) is 6.10 Å². The molecule has 3 heterocycles. The molecule has 2 fully saturated rings. The fraction of sp³-hybridized carbons (Fsp3) is 0.625. The first-order valence-electron chi connectivity index (χ1n) is 8.12. The zero-order valence-electron chi connectivity index (χ0n) is 14.3. The topological polar surface area (TPSA) is 78.9 Å². The van der Waals surface area contributed by atoms with E-state index in [0.717, 1.165) is 5.69 Å². The number of aromatic nitrogens is 2. The molecule has 24 heavy (non-hydrogen) atoms. The van der Waals surface area contributed by atoms with Crippen molar-refractivity contribution in [3.63, 3.8) is 0 Å². The largest absolute Gasteiger partial charge is 0.368 e. The van der Waals surface area contributed by atoms with Crippen molar-refractivity contribution in [1.29, 1.82) is 0 Å². The van der Waals surface area contributed by atoms with Crippen LogP contribution < -0.4 is 4.90 Å². The van der Waals surface area contributed by atoms with E-state index in [1.807, 2.05) is 30.0 Å². The van der Waals surface area contributed by atoms with Crippen molar-refractivity contribution >= 4 is 17.8 Å². The van der Waals surface area contributed by atoms with Crippen molar-refractivity contribution in [1.82, 2.24) is 19.8 Å². The van der Waals surface area contributed by atoms with Gasteiger partial charge in [-0.1, -0.05) is 0 Å². The van der Waals surface area contributed by atoms with Crippen molar-refractivity contribution in [3.8, 4) is 0 Å². The highest BCUT2D eigenvalue weighted by atomic mass is 16.5. The number of nitrogens with zero attached hydrogens (tertiary/aromatic N) is 5. The molecule has 0 radical (unpaired) electrons. The first-order chi connectivity index (χ1) is 11.5. The van der Waals surface area contributed by atoms with Gasteiger partial charge in [-0.3, -0.25) is 9.59 Å². The SMILES string of the molecule is CC(=O)N1CC(C(=O)N2CCOC(c3ccnc(N(C)C)n3)C2)C1. The van der Waals surface area contributed by atoms with Gasteiger partial charge in [0.15, 0.2) is 0 Å². The second-order valence-corrected chi connectivity index (χ2v) is 6.44. The molecule has 2 aliphatic heterocycles. The Morgan fingerprint density at radius 3 is 2.67 bits per heavy atom. The Labute approximate surface area is 141 Å². The summed E-state index contributed by atoms with van der Waals surface area (Å²) in [5.74, 6) is 0.657. The van der Waals surface area contributed by atoms with Crippen molar-refractivity contribution in [2.45, 2.75) is 13.0 Å². The number of hydrogen-bond donors (Lipinski definition) is 0. The maximum Gasteiger partial charge on any atom is 0.229 e. The summed E-state index contributed by atoms with van der Waals surface area (Å²) in [5.41, 5.74) is 0.783. The van der Waals surface area contributed by atoms with E-state index in [1.54, 1.807) is 11.1 Å². The van der Waals surface area contributed by atoms with E-state index < -0.39 is 0 Å². The van der Waals surface area contributed by atoms with Crippen LogP contribution in [0.1, 0.15) is 18.7 Å². The van der Waals surface area contributed by atoms with Gasteiger partial charge in [0, 0.05) is 46.9 Å². The maximum absolute atomic E-state index is 12.6. The summed E-state index contributed by atoms with van der Waals surface area (Å²) in [4.78, 5) is 37.9. The van der Waals surface area contributed by atoms with Crippen LogP contribution in [0.3, 0.4) is 0 Å². The minimum atomic E-state index is -0.242. The highest BCUT2D eigenvalue weighted by Gasteiger charge is 2.38. The average Bonchev–Trinajstić information content (AvgIpc) is 2.53. The molecule has 0 aliphatic carbocycles. The molecule has 8 heteroatoms. The number of carbonyl (C=O) groups is 2. The Hall–Kier alpha value is -2.22. The third-order valence-electron chi connectivity index (χ3n) is 4.45. The lowest BCUT2D eigenvalue weighted by molar-refractivity contribution is -0.152. The third-order valence-corrected chi connectivity index (χ3v) is 4.45. The van der Waals surface area contributed by atoms with Gasteiger partial charge in [-0.05, 0) is 6.07 Å². The molecule has 3 rings (SSSR count). The number of rotatable bonds is 3. The summed E-state index contributed by atoms with van der Waals surface area (Å²) in [6.45, 7) is 4.13. The molecule has 2 amide bonds. The number of amides is 2. The molecule has 1 atom stereocenters. The van der Waals surface area contributed by atoms with E-state index in [4.69, 9.17) is 4.74 Å². The Kier molecular flexibility index (Phi) is 4.66. The molecule has 0 aromatic carbocycles. The van der Waals surface area contributed by atoms with E-state index in [0.29, 0.717) is 38.7 Å². The average molecular weight is 333 g/mol. The summed E-state index contributed by atoms with van der Waals surface area (Å²) in [5, 5.41) is 0. The molecular weight excluding hydrogens is 310 g/mol. The molecule has 2 saturated heterocycles. The fourth-order valence-corrected chi connectivity index (χ4v) is 2.94. The normalized spacial score (nSPS) is 21.4. The maximum atomic E-state index is 12.6. The number of anilines is 1. The smallest absolute Gasteiger partial charge is 0.229 e. The zero-order valence-corrected chi connectivity index (χ0v) is 14.3. The molecular formula is C16H23N5O3. The fourth-order valence-electron chi connectivity index (χ4n) is 2.94. The number of likely N-dealkylation sites (tertiary alicyclic amines) is 1. The molecule has 130 valence electrons. The Bertz CT molecular complexity index is 630. The standard InChI is InChI=1S/C16H23N5O3/c1-11(22)21-8-12(9-21)15(23)20-6-7-24-14(10-20)13-4-5-17-16(18-13)19(2)3/h4-5,12,14H,6-10H2,1-3H3. The predicted molar refractivity (Wildman–Crippen MR) is 87.4 cm³/mol. The predicted octanol–water partition coefficient (Wildman–Crippen LogP) is -0.0792. The Balaban J connectivity index is 1.63. The Morgan fingerprint density at radius 2 is 2.00 bits per heavy atom. The number of hydrogen-bond acceptors (Lipinski definition) is 6. The molecule has 1 unspecified atom stereocenters. The van der Waals surface area contributed by atoms with Crippen LogP contribution in [0, 0.1) is 5.92 Å². The van der Waals surface area contributed by atoms with Crippen LogP contribution in [-0.4, -0.2) is 78.5 Å².